The molecule has 0 saturated heterocycles. The minimum absolute atomic E-state index is 0.220. The third kappa shape index (κ3) is 3.67. The summed E-state index contributed by atoms with van der Waals surface area (Å²) < 4.78 is 0. The predicted molar refractivity (Wildman–Crippen MR) is 67.0 cm³/mol. The van der Waals surface area contributed by atoms with Crippen molar-refractivity contribution in [3.63, 3.8) is 0 Å². The van der Waals surface area contributed by atoms with Crippen LogP contribution in [0.2, 0.25) is 0 Å². The highest BCUT2D eigenvalue weighted by atomic mass is 14.6. The Labute approximate surface area is 93.7 Å². The van der Waals surface area contributed by atoms with Crippen LogP contribution < -0.4 is 5.73 Å². The van der Waals surface area contributed by atoms with Crippen LogP contribution in [-0.2, 0) is 0 Å². The van der Waals surface area contributed by atoms with E-state index in [1.54, 1.807) is 0 Å². The summed E-state index contributed by atoms with van der Waals surface area (Å²) in [5.41, 5.74) is 10.2. The van der Waals surface area contributed by atoms with Crippen molar-refractivity contribution in [1.82, 2.24) is 0 Å². The van der Waals surface area contributed by atoms with Gasteiger partial charge >= 0.3 is 0 Å². The SMILES string of the molecule is CCCCC[C@@H](N)c1ccc(C)cc1C. The second-order valence-electron chi connectivity index (χ2n) is 4.46. The number of unbranched alkanes of at least 4 members (excludes halogenated alkanes) is 2. The molecule has 2 N–H and O–H groups in total. The first-order chi connectivity index (χ1) is 7.15. The molecule has 1 atom stereocenters. The molecule has 0 aliphatic carbocycles. The van der Waals surface area contributed by atoms with Gasteiger partial charge in [-0.3, -0.25) is 0 Å². The highest BCUT2D eigenvalue weighted by Gasteiger charge is 2.07. The maximum absolute atomic E-state index is 6.19. The van der Waals surface area contributed by atoms with Crippen LogP contribution in [0.4, 0.5) is 0 Å². The first-order valence-electron chi connectivity index (χ1n) is 5.98. The second-order valence-corrected chi connectivity index (χ2v) is 4.46. The van der Waals surface area contributed by atoms with Gasteiger partial charge in [-0.1, -0.05) is 49.9 Å². The van der Waals surface area contributed by atoms with E-state index < -0.39 is 0 Å². The van der Waals surface area contributed by atoms with E-state index in [0.29, 0.717) is 0 Å². The van der Waals surface area contributed by atoms with Gasteiger partial charge in [-0.2, -0.15) is 0 Å². The maximum Gasteiger partial charge on any atom is 0.0297 e. The Kier molecular flexibility index (Phi) is 4.83. The van der Waals surface area contributed by atoms with Gasteiger partial charge < -0.3 is 5.73 Å². The molecule has 0 radical (unpaired) electrons. The highest BCUT2D eigenvalue weighted by Crippen LogP contribution is 2.21. The molecule has 0 spiro atoms. The molecule has 1 nitrogen and oxygen atoms in total. The molecule has 1 heteroatoms. The maximum atomic E-state index is 6.19. The van der Waals surface area contributed by atoms with E-state index in [-0.39, 0.29) is 6.04 Å². The Bertz CT molecular complexity index is 304. The largest absolute Gasteiger partial charge is 0.324 e. The van der Waals surface area contributed by atoms with E-state index in [9.17, 15) is 0 Å². The third-order valence-electron chi connectivity index (χ3n) is 2.94. The molecular formula is C14H23N. The molecule has 0 bridgehead atoms. The lowest BCUT2D eigenvalue weighted by atomic mass is 9.96. The van der Waals surface area contributed by atoms with Crippen LogP contribution in [0.1, 0.15) is 55.3 Å². The Morgan fingerprint density at radius 3 is 2.53 bits per heavy atom. The van der Waals surface area contributed by atoms with Gasteiger partial charge in [-0.15, -0.1) is 0 Å². The molecule has 0 aliphatic rings. The molecule has 0 saturated carbocycles. The Morgan fingerprint density at radius 1 is 1.20 bits per heavy atom. The number of nitrogens with two attached hydrogens (primary N) is 1. The van der Waals surface area contributed by atoms with Gasteiger partial charge in [-0.05, 0) is 31.4 Å². The molecule has 0 fully saturated rings. The van der Waals surface area contributed by atoms with Crippen molar-refractivity contribution in [2.75, 3.05) is 0 Å². The zero-order valence-corrected chi connectivity index (χ0v) is 10.2. The van der Waals surface area contributed by atoms with Crippen molar-refractivity contribution >= 4 is 0 Å². The van der Waals surface area contributed by atoms with Gasteiger partial charge in [0.15, 0.2) is 0 Å². The van der Waals surface area contributed by atoms with E-state index in [0.717, 1.165) is 6.42 Å². The lowest BCUT2D eigenvalue weighted by Crippen LogP contribution is -2.11. The summed E-state index contributed by atoms with van der Waals surface area (Å²) in [5.74, 6) is 0. The van der Waals surface area contributed by atoms with Crippen molar-refractivity contribution in [2.24, 2.45) is 5.73 Å². The van der Waals surface area contributed by atoms with E-state index in [2.05, 4.69) is 39.0 Å². The fourth-order valence-corrected chi connectivity index (χ4v) is 2.01. The van der Waals surface area contributed by atoms with Crippen LogP contribution in [0.15, 0.2) is 18.2 Å². The quantitative estimate of drug-likeness (QED) is 0.725. The zero-order valence-electron chi connectivity index (χ0n) is 10.2. The lowest BCUT2D eigenvalue weighted by Gasteiger charge is -2.15. The topological polar surface area (TPSA) is 26.0 Å². The van der Waals surface area contributed by atoms with Crippen molar-refractivity contribution in [2.45, 2.75) is 52.5 Å². The van der Waals surface area contributed by atoms with Gasteiger partial charge in [0, 0.05) is 6.04 Å². The highest BCUT2D eigenvalue weighted by molar-refractivity contribution is 5.32. The number of aryl methyl sites for hydroxylation is 2. The minimum Gasteiger partial charge on any atom is -0.324 e. The molecule has 0 amide bonds. The summed E-state index contributed by atoms with van der Waals surface area (Å²) in [6.07, 6.45) is 4.90. The Balaban J connectivity index is 2.61. The second kappa shape index (κ2) is 5.92. The monoisotopic (exact) mass is 205 g/mol. The van der Waals surface area contributed by atoms with Crippen LogP contribution >= 0.6 is 0 Å². The number of benzene rings is 1. The molecular weight excluding hydrogens is 182 g/mol. The Hall–Kier alpha value is -0.820. The third-order valence-corrected chi connectivity index (χ3v) is 2.94. The predicted octanol–water partition coefficient (Wildman–Crippen LogP) is 3.88. The number of rotatable bonds is 5. The fourth-order valence-electron chi connectivity index (χ4n) is 2.01. The minimum atomic E-state index is 0.220. The van der Waals surface area contributed by atoms with Crippen molar-refractivity contribution in [3.8, 4) is 0 Å². The van der Waals surface area contributed by atoms with Crippen LogP contribution in [0.5, 0.6) is 0 Å². The molecule has 84 valence electrons. The van der Waals surface area contributed by atoms with Gasteiger partial charge in [0.05, 0.1) is 0 Å². The van der Waals surface area contributed by atoms with Crippen molar-refractivity contribution in [3.05, 3.63) is 34.9 Å². The zero-order chi connectivity index (χ0) is 11.3. The average Bonchev–Trinajstić information content (AvgIpc) is 2.17. The van der Waals surface area contributed by atoms with Crippen LogP contribution in [0.25, 0.3) is 0 Å². The van der Waals surface area contributed by atoms with E-state index in [4.69, 9.17) is 5.73 Å². The van der Waals surface area contributed by atoms with Crippen molar-refractivity contribution < 1.29 is 0 Å². The molecule has 1 aromatic carbocycles. The van der Waals surface area contributed by atoms with E-state index >= 15 is 0 Å². The average molecular weight is 205 g/mol. The molecule has 0 aliphatic heterocycles. The summed E-state index contributed by atoms with van der Waals surface area (Å²) in [6.45, 7) is 6.50. The first-order valence-corrected chi connectivity index (χ1v) is 5.98. The molecule has 15 heavy (non-hydrogen) atoms. The van der Waals surface area contributed by atoms with Crippen LogP contribution in [-0.4, -0.2) is 0 Å². The smallest absolute Gasteiger partial charge is 0.0297 e. The van der Waals surface area contributed by atoms with E-state index in [1.807, 2.05) is 0 Å². The summed E-state index contributed by atoms with van der Waals surface area (Å²) in [6, 6.07) is 6.77. The first kappa shape index (κ1) is 12.3. The Morgan fingerprint density at radius 2 is 1.93 bits per heavy atom. The summed E-state index contributed by atoms with van der Waals surface area (Å²) in [5, 5.41) is 0. The molecule has 1 rings (SSSR count). The van der Waals surface area contributed by atoms with Gasteiger partial charge in [-0.25, -0.2) is 0 Å². The van der Waals surface area contributed by atoms with Gasteiger partial charge in [0.2, 0.25) is 0 Å². The van der Waals surface area contributed by atoms with Gasteiger partial charge in [0.1, 0.15) is 0 Å². The molecule has 0 unspecified atom stereocenters. The molecule has 0 aromatic heterocycles. The summed E-state index contributed by atoms with van der Waals surface area (Å²) in [7, 11) is 0. The van der Waals surface area contributed by atoms with Crippen LogP contribution in [0, 0.1) is 13.8 Å². The lowest BCUT2D eigenvalue weighted by molar-refractivity contribution is 0.579. The standard InChI is InChI=1S/C14H23N/c1-4-5-6-7-14(15)13-9-8-11(2)10-12(13)3/h8-10,14H,4-7,15H2,1-3H3/t14-/m1/s1. The van der Waals surface area contributed by atoms with Gasteiger partial charge in [0.25, 0.3) is 0 Å². The summed E-state index contributed by atoms with van der Waals surface area (Å²) in [4.78, 5) is 0. The summed E-state index contributed by atoms with van der Waals surface area (Å²) >= 11 is 0. The number of hydrogen-bond acceptors (Lipinski definition) is 1. The van der Waals surface area contributed by atoms with Crippen molar-refractivity contribution in [1.29, 1.82) is 0 Å². The molecule has 0 heterocycles. The normalized spacial score (nSPS) is 12.8. The van der Waals surface area contributed by atoms with Crippen LogP contribution in [0.3, 0.4) is 0 Å². The molecule has 1 aromatic rings. The number of hydrogen-bond donors (Lipinski definition) is 1. The fraction of sp³-hybridized carbons (Fsp3) is 0.571. The van der Waals surface area contributed by atoms with E-state index in [1.165, 1.54) is 36.0 Å².